The van der Waals surface area contributed by atoms with E-state index >= 15 is 0 Å². The van der Waals surface area contributed by atoms with Crippen molar-refractivity contribution in [3.8, 4) is 11.3 Å². The fourth-order valence-electron chi connectivity index (χ4n) is 3.79. The molecule has 0 fully saturated rings. The van der Waals surface area contributed by atoms with Gasteiger partial charge in [-0.3, -0.25) is 9.59 Å². The zero-order valence-electron chi connectivity index (χ0n) is 16.1. The molecule has 0 spiro atoms. The Balaban J connectivity index is 2.13. The molecule has 0 aliphatic carbocycles. The van der Waals surface area contributed by atoms with Crippen LogP contribution in [0.25, 0.3) is 32.9 Å². The Morgan fingerprint density at radius 2 is 1.77 bits per heavy atom. The van der Waals surface area contributed by atoms with Gasteiger partial charge in [-0.15, -0.1) is 0 Å². The number of nitrogens with zero attached hydrogens (tertiary/aromatic N) is 3. The molecule has 1 N–H and O–H groups in total. The van der Waals surface area contributed by atoms with Gasteiger partial charge < -0.3 is 9.67 Å². The van der Waals surface area contributed by atoms with Crippen molar-refractivity contribution in [2.24, 2.45) is 0 Å². The summed E-state index contributed by atoms with van der Waals surface area (Å²) in [5, 5.41) is 13.9. The molecule has 4 aromatic rings. The van der Waals surface area contributed by atoms with Crippen molar-refractivity contribution in [2.45, 2.75) is 26.2 Å². The predicted molar refractivity (Wildman–Crippen MR) is 105 cm³/mol. The Kier molecular flexibility index (Phi) is 4.79. The van der Waals surface area contributed by atoms with E-state index in [-0.39, 0.29) is 27.4 Å². The quantitative estimate of drug-likeness (QED) is 0.492. The number of fused-ring (bicyclic) bond motifs is 2. The first-order valence-corrected chi connectivity index (χ1v) is 9.14. The Morgan fingerprint density at radius 1 is 1.10 bits per heavy atom. The molecular formula is C21H15F4N3O3. The van der Waals surface area contributed by atoms with Crippen LogP contribution in [0.2, 0.25) is 0 Å². The van der Waals surface area contributed by atoms with E-state index in [1.165, 1.54) is 41.0 Å². The highest BCUT2D eigenvalue weighted by molar-refractivity contribution is 6.05. The summed E-state index contributed by atoms with van der Waals surface area (Å²) in [4.78, 5) is 24.0. The second-order valence-corrected chi connectivity index (χ2v) is 7.07. The van der Waals surface area contributed by atoms with Gasteiger partial charge in [0.05, 0.1) is 5.39 Å². The first kappa shape index (κ1) is 20.6. The van der Waals surface area contributed by atoms with Gasteiger partial charge in [0.25, 0.3) is 5.56 Å². The Labute approximate surface area is 171 Å². The van der Waals surface area contributed by atoms with Crippen LogP contribution in [0.15, 0.2) is 47.3 Å². The second-order valence-electron chi connectivity index (χ2n) is 7.07. The number of hydrogen-bond donors (Lipinski definition) is 1. The number of aliphatic carboxylic acids is 1. The standard InChI is InChI=1S/C21H15F4N3O3/c1-11-18(15-8-12(22)6-7-16(15)27(11)9-17(29)30)19-13-4-2-3-5-14(13)20(31)28(26-19)10-21(23,24)25/h2-8H,9-10H2,1H3,(H,29,30). The SMILES string of the molecule is Cc1c(-c2nn(CC(F)(F)F)c(=O)c3ccccc23)c2cc(F)ccc2n1CC(=O)O. The molecule has 31 heavy (non-hydrogen) atoms. The third-order valence-corrected chi connectivity index (χ3v) is 5.01. The predicted octanol–water partition coefficient (Wildman–Crippen LogP) is 4.11. The normalized spacial score (nSPS) is 12.0. The molecule has 0 unspecified atom stereocenters. The van der Waals surface area contributed by atoms with Crippen LogP contribution < -0.4 is 5.56 Å². The minimum atomic E-state index is -4.69. The van der Waals surface area contributed by atoms with Crippen LogP contribution in [-0.4, -0.2) is 31.6 Å². The molecule has 6 nitrogen and oxygen atoms in total. The van der Waals surface area contributed by atoms with Crippen LogP contribution in [-0.2, 0) is 17.9 Å². The molecule has 2 aromatic carbocycles. The number of rotatable bonds is 4. The van der Waals surface area contributed by atoms with E-state index in [1.54, 1.807) is 13.0 Å². The van der Waals surface area contributed by atoms with E-state index in [0.29, 0.717) is 15.9 Å². The number of halogens is 4. The second kappa shape index (κ2) is 7.22. The fraction of sp³-hybridized carbons (Fsp3) is 0.190. The van der Waals surface area contributed by atoms with Gasteiger partial charge in [0.15, 0.2) is 0 Å². The molecule has 0 bridgehead atoms. The van der Waals surface area contributed by atoms with Crippen molar-refractivity contribution >= 4 is 27.6 Å². The maximum Gasteiger partial charge on any atom is 0.408 e. The third kappa shape index (κ3) is 3.65. The topological polar surface area (TPSA) is 77.1 Å². The molecule has 2 heterocycles. The molecule has 160 valence electrons. The molecule has 0 saturated heterocycles. The van der Waals surface area contributed by atoms with Crippen molar-refractivity contribution in [2.75, 3.05) is 0 Å². The number of carbonyl (C=O) groups is 1. The first-order chi connectivity index (χ1) is 14.6. The molecule has 2 aromatic heterocycles. The van der Waals surface area contributed by atoms with Gasteiger partial charge in [-0.05, 0) is 31.2 Å². The van der Waals surface area contributed by atoms with Gasteiger partial charge in [-0.1, -0.05) is 18.2 Å². The summed E-state index contributed by atoms with van der Waals surface area (Å²) < 4.78 is 55.0. The highest BCUT2D eigenvalue weighted by Gasteiger charge is 2.30. The third-order valence-electron chi connectivity index (χ3n) is 5.01. The molecule has 4 rings (SSSR count). The van der Waals surface area contributed by atoms with E-state index in [9.17, 15) is 32.3 Å². The van der Waals surface area contributed by atoms with Gasteiger partial charge in [0.2, 0.25) is 0 Å². The van der Waals surface area contributed by atoms with Gasteiger partial charge in [0.1, 0.15) is 24.6 Å². The van der Waals surface area contributed by atoms with Crippen LogP contribution in [0, 0.1) is 12.7 Å². The van der Waals surface area contributed by atoms with Crippen molar-refractivity contribution in [1.29, 1.82) is 0 Å². The highest BCUT2D eigenvalue weighted by atomic mass is 19.4. The maximum atomic E-state index is 14.1. The fourth-order valence-corrected chi connectivity index (χ4v) is 3.79. The van der Waals surface area contributed by atoms with E-state index < -0.39 is 36.6 Å². The molecule has 0 saturated carbocycles. The van der Waals surface area contributed by atoms with Gasteiger partial charge in [-0.25, -0.2) is 9.07 Å². The van der Waals surface area contributed by atoms with E-state index in [0.717, 1.165) is 0 Å². The lowest BCUT2D eigenvalue weighted by atomic mass is 10.0. The minimum Gasteiger partial charge on any atom is -0.480 e. The summed E-state index contributed by atoms with van der Waals surface area (Å²) in [6.45, 7) is -0.454. The monoisotopic (exact) mass is 433 g/mol. The molecule has 0 atom stereocenters. The van der Waals surface area contributed by atoms with Crippen LogP contribution in [0.3, 0.4) is 0 Å². The van der Waals surface area contributed by atoms with Crippen molar-refractivity contribution in [1.82, 2.24) is 14.3 Å². The summed E-state index contributed by atoms with van der Waals surface area (Å²) >= 11 is 0. The highest BCUT2D eigenvalue weighted by Crippen LogP contribution is 2.37. The van der Waals surface area contributed by atoms with Crippen LogP contribution in [0.4, 0.5) is 17.6 Å². The van der Waals surface area contributed by atoms with Crippen molar-refractivity contribution in [3.63, 3.8) is 0 Å². The maximum absolute atomic E-state index is 14.1. The Hall–Kier alpha value is -3.69. The average molecular weight is 433 g/mol. The lowest BCUT2D eigenvalue weighted by molar-refractivity contribution is -0.143. The number of carboxylic acids is 1. The molecule has 0 radical (unpaired) electrons. The number of aromatic nitrogens is 3. The van der Waals surface area contributed by atoms with Crippen LogP contribution >= 0.6 is 0 Å². The van der Waals surface area contributed by atoms with Gasteiger partial charge in [0, 0.05) is 27.5 Å². The lowest BCUT2D eigenvalue weighted by Crippen LogP contribution is -2.30. The Bertz CT molecular complexity index is 1400. The molecule has 0 amide bonds. The smallest absolute Gasteiger partial charge is 0.408 e. The minimum absolute atomic E-state index is 0.0201. The summed E-state index contributed by atoms with van der Waals surface area (Å²) in [7, 11) is 0. The summed E-state index contributed by atoms with van der Waals surface area (Å²) in [5.41, 5.74) is 0.156. The Morgan fingerprint density at radius 3 is 2.42 bits per heavy atom. The summed E-state index contributed by atoms with van der Waals surface area (Å²) in [6, 6.07) is 9.79. The lowest BCUT2D eigenvalue weighted by Gasteiger charge is -2.13. The van der Waals surface area contributed by atoms with E-state index in [4.69, 9.17) is 0 Å². The largest absolute Gasteiger partial charge is 0.480 e. The van der Waals surface area contributed by atoms with Gasteiger partial charge in [-0.2, -0.15) is 18.3 Å². The first-order valence-electron chi connectivity index (χ1n) is 9.14. The van der Waals surface area contributed by atoms with E-state index in [2.05, 4.69) is 5.10 Å². The van der Waals surface area contributed by atoms with Crippen LogP contribution in [0.1, 0.15) is 5.69 Å². The zero-order valence-corrected chi connectivity index (χ0v) is 16.1. The number of hydrogen-bond acceptors (Lipinski definition) is 3. The van der Waals surface area contributed by atoms with Gasteiger partial charge >= 0.3 is 12.1 Å². The number of alkyl halides is 3. The van der Waals surface area contributed by atoms with E-state index in [1.807, 2.05) is 0 Å². The average Bonchev–Trinajstić information content (AvgIpc) is 2.94. The summed E-state index contributed by atoms with van der Waals surface area (Å²) in [6.07, 6.45) is -4.69. The zero-order chi connectivity index (χ0) is 22.5. The molecule has 0 aliphatic heterocycles. The number of carboxylic acid groups (broad SMARTS) is 1. The van der Waals surface area contributed by atoms with Crippen LogP contribution in [0.5, 0.6) is 0 Å². The molecular weight excluding hydrogens is 418 g/mol. The molecule has 0 aliphatic rings. The van der Waals surface area contributed by atoms with Crippen molar-refractivity contribution < 1.29 is 27.5 Å². The van der Waals surface area contributed by atoms with Crippen molar-refractivity contribution in [3.05, 3.63) is 64.3 Å². The molecule has 10 heteroatoms. The summed E-state index contributed by atoms with van der Waals surface area (Å²) in [5.74, 6) is -1.75. The number of benzene rings is 2.